The van der Waals surface area contributed by atoms with Crippen LogP contribution >= 0.6 is 7.82 Å². The molecule has 9 nitrogen and oxygen atoms in total. The molecule has 0 aromatic heterocycles. The maximum Gasteiger partial charge on any atom is 0.472 e. The standard InChI is InChI=1S/C54H90NO8P/c1-6-8-10-12-14-16-18-20-22-23-24-25-26-27-28-29-30-31-33-35-37-39-41-43-45-47-54(57)63-52(51-62-64(58,59)61-49-48-55(3,4)5)50-60-53(56)46-44-42-40-38-36-34-32-21-19-17-15-13-11-9-7-2/h8-11,14-17,20-22,24-25,27-28,32,36,38,52H,6-7,12-13,18-19,23,26,29-31,33-35,37,39-51H2,1-5H3/p+1/b10-8-,11-9-,16-14-,17-15-,22-20-,25-24-,28-27-,32-21-,38-36-. The molecule has 64 heavy (non-hydrogen) atoms. The van der Waals surface area contributed by atoms with Crippen LogP contribution in [-0.2, 0) is 32.7 Å². The molecule has 0 radical (unpaired) electrons. The van der Waals surface area contributed by atoms with Gasteiger partial charge < -0.3 is 18.9 Å². The van der Waals surface area contributed by atoms with Gasteiger partial charge in [-0.1, -0.05) is 168 Å². The summed E-state index contributed by atoms with van der Waals surface area (Å²) in [6.45, 7) is 4.12. The molecular weight excluding hydrogens is 822 g/mol. The van der Waals surface area contributed by atoms with Crippen LogP contribution in [0, 0.1) is 0 Å². The lowest BCUT2D eigenvalue weighted by atomic mass is 10.1. The summed E-state index contributed by atoms with van der Waals surface area (Å²) >= 11 is 0. The number of phosphoric ester groups is 1. The summed E-state index contributed by atoms with van der Waals surface area (Å²) in [7, 11) is 1.43. The van der Waals surface area contributed by atoms with Gasteiger partial charge in [-0.05, 0) is 96.3 Å². The summed E-state index contributed by atoms with van der Waals surface area (Å²) in [4.78, 5) is 35.5. The van der Waals surface area contributed by atoms with Crippen LogP contribution in [0.15, 0.2) is 109 Å². The molecule has 0 spiro atoms. The number of likely N-dealkylation sites (N-methyl/N-ethyl adjacent to an activating group) is 1. The largest absolute Gasteiger partial charge is 0.472 e. The number of quaternary nitrogens is 1. The van der Waals surface area contributed by atoms with Crippen molar-refractivity contribution in [2.45, 2.75) is 174 Å². The topological polar surface area (TPSA) is 108 Å². The highest BCUT2D eigenvalue weighted by molar-refractivity contribution is 7.47. The second kappa shape index (κ2) is 44.9. The van der Waals surface area contributed by atoms with Gasteiger partial charge in [0.2, 0.25) is 0 Å². The van der Waals surface area contributed by atoms with E-state index < -0.39 is 32.5 Å². The predicted octanol–water partition coefficient (Wildman–Crippen LogP) is 14.7. The SMILES string of the molecule is CC/C=C\C/C=C\C/C=C\C/C=C\C/C=C\CCCCCCCCCCCC(=O)OC(COC(=O)CCCC/C=C\C/C=C\C/C=C\C/C=C\CC)COP(=O)(O)OCC[N+](C)(C)C. The molecule has 0 aromatic rings. The van der Waals surface area contributed by atoms with E-state index in [1.54, 1.807) is 0 Å². The summed E-state index contributed by atoms with van der Waals surface area (Å²) in [5.74, 6) is -0.864. The van der Waals surface area contributed by atoms with Gasteiger partial charge in [-0.2, -0.15) is 0 Å². The lowest BCUT2D eigenvalue weighted by molar-refractivity contribution is -0.870. The highest BCUT2D eigenvalue weighted by Gasteiger charge is 2.27. The second-order valence-electron chi connectivity index (χ2n) is 17.1. The van der Waals surface area contributed by atoms with Crippen LogP contribution in [-0.4, -0.2) is 74.9 Å². The lowest BCUT2D eigenvalue weighted by Gasteiger charge is -2.24. The quantitative estimate of drug-likeness (QED) is 0.0212. The van der Waals surface area contributed by atoms with Gasteiger partial charge in [-0.15, -0.1) is 0 Å². The third-order valence-electron chi connectivity index (χ3n) is 9.80. The fourth-order valence-corrected chi connectivity index (χ4v) is 6.77. The Morgan fingerprint density at radius 1 is 0.484 bits per heavy atom. The molecule has 0 saturated carbocycles. The van der Waals surface area contributed by atoms with Crippen LogP contribution in [0.25, 0.3) is 0 Å². The molecule has 2 unspecified atom stereocenters. The number of nitrogens with zero attached hydrogens (tertiary/aromatic N) is 1. The van der Waals surface area contributed by atoms with Gasteiger partial charge in [-0.25, -0.2) is 4.57 Å². The van der Waals surface area contributed by atoms with Gasteiger partial charge in [-0.3, -0.25) is 18.6 Å². The number of carbonyl (C=O) groups is 2. The zero-order valence-corrected chi connectivity index (χ0v) is 41.9. The number of unbranched alkanes of at least 4 members (excludes halogenated alkanes) is 11. The van der Waals surface area contributed by atoms with E-state index in [9.17, 15) is 19.0 Å². The van der Waals surface area contributed by atoms with Crippen molar-refractivity contribution in [3.8, 4) is 0 Å². The van der Waals surface area contributed by atoms with Gasteiger partial charge >= 0.3 is 19.8 Å². The summed E-state index contributed by atoms with van der Waals surface area (Å²) in [5, 5.41) is 0. The number of allylic oxidation sites excluding steroid dienone is 18. The van der Waals surface area contributed by atoms with Crippen LogP contribution in [0.2, 0.25) is 0 Å². The molecule has 0 rings (SSSR count). The Morgan fingerprint density at radius 3 is 1.28 bits per heavy atom. The number of ether oxygens (including phenoxy) is 2. The lowest BCUT2D eigenvalue weighted by Crippen LogP contribution is -2.37. The van der Waals surface area contributed by atoms with E-state index >= 15 is 0 Å². The van der Waals surface area contributed by atoms with E-state index in [1.165, 1.54) is 32.1 Å². The van der Waals surface area contributed by atoms with Gasteiger partial charge in [0.25, 0.3) is 0 Å². The van der Waals surface area contributed by atoms with Crippen molar-refractivity contribution >= 4 is 19.8 Å². The van der Waals surface area contributed by atoms with Crippen molar-refractivity contribution in [1.82, 2.24) is 0 Å². The molecule has 0 aromatic carbocycles. The first-order chi connectivity index (χ1) is 31.0. The van der Waals surface area contributed by atoms with Gasteiger partial charge in [0, 0.05) is 12.8 Å². The Kier molecular flexibility index (Phi) is 42.5. The minimum absolute atomic E-state index is 0.0173. The molecule has 1 N–H and O–H groups in total. The monoisotopic (exact) mass is 913 g/mol. The molecule has 10 heteroatoms. The number of phosphoric acid groups is 1. The number of esters is 2. The van der Waals surface area contributed by atoms with Crippen molar-refractivity contribution in [2.24, 2.45) is 0 Å². The highest BCUT2D eigenvalue weighted by atomic mass is 31.2. The number of rotatable bonds is 43. The molecule has 0 saturated heterocycles. The molecule has 364 valence electrons. The minimum Gasteiger partial charge on any atom is -0.462 e. The Bertz CT molecular complexity index is 1450. The number of hydrogen-bond donors (Lipinski definition) is 1. The first-order valence-corrected chi connectivity index (χ1v) is 26.1. The molecule has 0 aliphatic heterocycles. The third-order valence-corrected chi connectivity index (χ3v) is 10.8. The average Bonchev–Trinajstić information content (AvgIpc) is 3.25. The molecule has 0 aliphatic carbocycles. The van der Waals surface area contributed by atoms with Crippen LogP contribution in [0.5, 0.6) is 0 Å². The summed E-state index contributed by atoms with van der Waals surface area (Å²) in [6.07, 6.45) is 61.5. The molecule has 2 atom stereocenters. The minimum atomic E-state index is -4.40. The Balaban J connectivity index is 4.33. The fourth-order valence-electron chi connectivity index (χ4n) is 6.03. The Labute approximate surface area is 391 Å². The molecule has 0 aliphatic rings. The Hall–Kier alpha value is -3.33. The van der Waals surface area contributed by atoms with E-state index in [2.05, 4.69) is 123 Å². The van der Waals surface area contributed by atoms with Crippen LogP contribution in [0.1, 0.15) is 168 Å². The van der Waals surface area contributed by atoms with E-state index in [1.807, 2.05) is 21.1 Å². The van der Waals surface area contributed by atoms with Crippen LogP contribution < -0.4 is 0 Å². The van der Waals surface area contributed by atoms with Gasteiger partial charge in [0.1, 0.15) is 19.8 Å². The van der Waals surface area contributed by atoms with Crippen molar-refractivity contribution in [3.05, 3.63) is 109 Å². The van der Waals surface area contributed by atoms with Gasteiger partial charge in [0.15, 0.2) is 6.10 Å². The Morgan fingerprint density at radius 2 is 0.844 bits per heavy atom. The molecule has 0 amide bonds. The van der Waals surface area contributed by atoms with Crippen molar-refractivity contribution in [1.29, 1.82) is 0 Å². The predicted molar refractivity (Wildman–Crippen MR) is 270 cm³/mol. The van der Waals surface area contributed by atoms with E-state index in [0.29, 0.717) is 23.9 Å². The van der Waals surface area contributed by atoms with E-state index in [-0.39, 0.29) is 26.1 Å². The second-order valence-corrected chi connectivity index (χ2v) is 18.5. The maximum atomic E-state index is 12.8. The first-order valence-electron chi connectivity index (χ1n) is 24.6. The molecule has 0 fully saturated rings. The molecular formula is C54H91NO8P+. The smallest absolute Gasteiger partial charge is 0.462 e. The van der Waals surface area contributed by atoms with Crippen molar-refractivity contribution in [2.75, 3.05) is 47.5 Å². The number of hydrogen-bond acceptors (Lipinski definition) is 7. The third kappa shape index (κ3) is 48.1. The normalized spacial score (nSPS) is 14.4. The van der Waals surface area contributed by atoms with E-state index in [0.717, 1.165) is 96.3 Å². The molecule has 0 heterocycles. The summed E-state index contributed by atoms with van der Waals surface area (Å²) < 4.78 is 34.3. The zero-order chi connectivity index (χ0) is 47.1. The summed E-state index contributed by atoms with van der Waals surface area (Å²) in [6, 6.07) is 0. The average molecular weight is 913 g/mol. The van der Waals surface area contributed by atoms with Crippen LogP contribution in [0.4, 0.5) is 0 Å². The number of carbonyl (C=O) groups excluding carboxylic acids is 2. The van der Waals surface area contributed by atoms with E-state index in [4.69, 9.17) is 18.5 Å². The molecule has 0 bridgehead atoms. The zero-order valence-electron chi connectivity index (χ0n) is 41.0. The summed E-state index contributed by atoms with van der Waals surface area (Å²) in [5.41, 5.74) is 0. The van der Waals surface area contributed by atoms with Crippen molar-refractivity contribution in [3.63, 3.8) is 0 Å². The highest BCUT2D eigenvalue weighted by Crippen LogP contribution is 2.43. The van der Waals surface area contributed by atoms with Gasteiger partial charge in [0.05, 0.1) is 27.7 Å². The maximum absolute atomic E-state index is 12.8. The fraction of sp³-hybridized carbons (Fsp3) is 0.630. The van der Waals surface area contributed by atoms with Crippen molar-refractivity contribution < 1.29 is 42.1 Å². The van der Waals surface area contributed by atoms with Crippen LogP contribution in [0.3, 0.4) is 0 Å². The first kappa shape index (κ1) is 60.7.